The lowest BCUT2D eigenvalue weighted by Gasteiger charge is -2.25. The number of nitrogens with one attached hydrogen (secondary N) is 1. The van der Waals surface area contributed by atoms with Gasteiger partial charge in [0.05, 0.1) is 18.5 Å². The molecule has 3 aromatic carbocycles. The van der Waals surface area contributed by atoms with Crippen molar-refractivity contribution in [3.8, 4) is 5.75 Å². The van der Waals surface area contributed by atoms with Crippen LogP contribution >= 0.6 is 0 Å². The van der Waals surface area contributed by atoms with Crippen molar-refractivity contribution < 1.29 is 19.0 Å². The van der Waals surface area contributed by atoms with Crippen molar-refractivity contribution in [2.75, 3.05) is 12.0 Å². The SMILES string of the molecule is COc1ccc(CN(c2ccc(CCc3ccc(F)cc3)cc2)c2c(C(=O)O)n[nH]c2C)cc1. The zero-order valence-electron chi connectivity index (χ0n) is 19.1. The number of carboxylic acid groups (broad SMARTS) is 1. The topological polar surface area (TPSA) is 78.4 Å². The standard InChI is InChI=1S/C27H26FN3O3/c1-18-26(25(27(32)33)30-29-18)31(17-21-9-15-24(34-2)16-10-21)23-13-7-20(8-14-23)4-3-19-5-11-22(28)12-6-19/h5-16H,3-4,17H2,1-2H3,(H,29,30)(H,32,33). The highest BCUT2D eigenvalue weighted by Crippen LogP contribution is 2.33. The Morgan fingerprint density at radius 1 is 0.941 bits per heavy atom. The average Bonchev–Trinajstić information content (AvgIpc) is 3.24. The highest BCUT2D eigenvalue weighted by atomic mass is 19.1. The van der Waals surface area contributed by atoms with Crippen molar-refractivity contribution >= 4 is 17.3 Å². The number of benzene rings is 3. The van der Waals surface area contributed by atoms with Gasteiger partial charge in [0.2, 0.25) is 0 Å². The van der Waals surface area contributed by atoms with Crippen LogP contribution in [0.25, 0.3) is 0 Å². The molecular formula is C27H26FN3O3. The Labute approximate surface area is 197 Å². The molecule has 1 aromatic heterocycles. The molecule has 0 radical (unpaired) electrons. The smallest absolute Gasteiger partial charge is 0.358 e. The third-order valence-electron chi connectivity index (χ3n) is 5.75. The van der Waals surface area contributed by atoms with Crippen LogP contribution in [0.5, 0.6) is 5.75 Å². The number of nitrogens with zero attached hydrogens (tertiary/aromatic N) is 2. The maximum absolute atomic E-state index is 13.1. The molecule has 0 aliphatic carbocycles. The van der Waals surface area contributed by atoms with E-state index in [2.05, 4.69) is 10.2 Å². The van der Waals surface area contributed by atoms with Crippen LogP contribution in [0.2, 0.25) is 0 Å². The minimum Gasteiger partial charge on any atom is -0.497 e. The first-order chi connectivity index (χ1) is 16.4. The number of aromatic carboxylic acids is 1. The number of aromatic amines is 1. The van der Waals surface area contributed by atoms with E-state index in [0.717, 1.165) is 41.0 Å². The summed E-state index contributed by atoms with van der Waals surface area (Å²) in [5.41, 5.74) is 5.25. The van der Waals surface area contributed by atoms with Gasteiger partial charge in [0, 0.05) is 12.2 Å². The maximum atomic E-state index is 13.1. The van der Waals surface area contributed by atoms with E-state index in [0.29, 0.717) is 17.9 Å². The van der Waals surface area contributed by atoms with Crippen molar-refractivity contribution in [2.45, 2.75) is 26.3 Å². The number of hydrogen-bond acceptors (Lipinski definition) is 4. The Balaban J connectivity index is 1.61. The zero-order chi connectivity index (χ0) is 24.1. The Kier molecular flexibility index (Phi) is 6.92. The minimum atomic E-state index is -1.09. The Morgan fingerprint density at radius 3 is 2.06 bits per heavy atom. The maximum Gasteiger partial charge on any atom is 0.358 e. The van der Waals surface area contributed by atoms with Crippen molar-refractivity contribution in [3.05, 3.63) is 107 Å². The van der Waals surface area contributed by atoms with Gasteiger partial charge in [-0.2, -0.15) is 5.10 Å². The summed E-state index contributed by atoms with van der Waals surface area (Å²) in [6.45, 7) is 2.27. The third-order valence-corrected chi connectivity index (χ3v) is 5.75. The lowest BCUT2D eigenvalue weighted by molar-refractivity contribution is 0.0691. The Morgan fingerprint density at radius 2 is 1.50 bits per heavy atom. The van der Waals surface area contributed by atoms with Crippen LogP contribution in [-0.4, -0.2) is 28.4 Å². The highest BCUT2D eigenvalue weighted by Gasteiger charge is 2.24. The fraction of sp³-hybridized carbons (Fsp3) is 0.185. The lowest BCUT2D eigenvalue weighted by atomic mass is 10.0. The second kappa shape index (κ2) is 10.2. The van der Waals surface area contributed by atoms with E-state index in [1.54, 1.807) is 19.2 Å². The van der Waals surface area contributed by atoms with Crippen LogP contribution in [-0.2, 0) is 19.4 Å². The molecule has 34 heavy (non-hydrogen) atoms. The van der Waals surface area contributed by atoms with Gasteiger partial charge in [-0.05, 0) is 72.9 Å². The molecule has 0 aliphatic rings. The number of methoxy groups -OCH3 is 1. The van der Waals surface area contributed by atoms with Gasteiger partial charge in [-0.25, -0.2) is 9.18 Å². The van der Waals surface area contributed by atoms with E-state index in [9.17, 15) is 14.3 Å². The molecule has 0 amide bonds. The molecule has 4 aromatic rings. The molecule has 174 valence electrons. The number of anilines is 2. The number of aromatic nitrogens is 2. The van der Waals surface area contributed by atoms with Gasteiger partial charge in [0.1, 0.15) is 11.6 Å². The highest BCUT2D eigenvalue weighted by molar-refractivity contribution is 5.94. The second-order valence-corrected chi connectivity index (χ2v) is 8.08. The summed E-state index contributed by atoms with van der Waals surface area (Å²) in [7, 11) is 1.62. The molecule has 6 nitrogen and oxygen atoms in total. The normalized spacial score (nSPS) is 10.8. The molecule has 0 unspecified atom stereocenters. The van der Waals surface area contributed by atoms with Crippen LogP contribution < -0.4 is 9.64 Å². The average molecular weight is 460 g/mol. The van der Waals surface area contributed by atoms with E-state index in [1.807, 2.05) is 60.4 Å². The van der Waals surface area contributed by atoms with Crippen molar-refractivity contribution in [3.63, 3.8) is 0 Å². The molecule has 0 atom stereocenters. The first kappa shape index (κ1) is 23.0. The van der Waals surface area contributed by atoms with Crippen LogP contribution in [0.4, 0.5) is 15.8 Å². The molecule has 7 heteroatoms. The fourth-order valence-electron chi connectivity index (χ4n) is 3.90. The van der Waals surface area contributed by atoms with E-state index in [-0.39, 0.29) is 11.5 Å². The number of carbonyl (C=O) groups is 1. The van der Waals surface area contributed by atoms with E-state index >= 15 is 0 Å². The molecule has 4 rings (SSSR count). The first-order valence-corrected chi connectivity index (χ1v) is 11.0. The monoisotopic (exact) mass is 459 g/mol. The number of carboxylic acids is 1. The number of rotatable bonds is 9. The number of hydrogen-bond donors (Lipinski definition) is 2. The molecular weight excluding hydrogens is 433 g/mol. The van der Waals surface area contributed by atoms with Crippen molar-refractivity contribution in [1.29, 1.82) is 0 Å². The van der Waals surface area contributed by atoms with Crippen LogP contribution in [0.1, 0.15) is 32.9 Å². The molecule has 0 saturated heterocycles. The largest absolute Gasteiger partial charge is 0.497 e. The lowest BCUT2D eigenvalue weighted by Crippen LogP contribution is -2.19. The summed E-state index contributed by atoms with van der Waals surface area (Å²) in [6, 6.07) is 22.3. The Hall–Kier alpha value is -4.13. The van der Waals surface area contributed by atoms with Crippen molar-refractivity contribution in [1.82, 2.24) is 10.2 Å². The summed E-state index contributed by atoms with van der Waals surface area (Å²) in [5, 5.41) is 16.5. The minimum absolute atomic E-state index is 0.0219. The molecule has 0 bridgehead atoms. The van der Waals surface area contributed by atoms with Gasteiger partial charge in [0.15, 0.2) is 5.69 Å². The quantitative estimate of drug-likeness (QED) is 0.336. The van der Waals surface area contributed by atoms with Gasteiger partial charge in [0.25, 0.3) is 0 Å². The molecule has 1 heterocycles. The van der Waals surface area contributed by atoms with Crippen LogP contribution in [0.15, 0.2) is 72.8 Å². The zero-order valence-corrected chi connectivity index (χ0v) is 19.1. The van der Waals surface area contributed by atoms with Gasteiger partial charge >= 0.3 is 5.97 Å². The number of aryl methyl sites for hydroxylation is 3. The van der Waals surface area contributed by atoms with Gasteiger partial charge in [-0.15, -0.1) is 0 Å². The summed E-state index contributed by atoms with van der Waals surface area (Å²) >= 11 is 0. The number of halogens is 1. The molecule has 0 saturated carbocycles. The molecule has 0 spiro atoms. The van der Waals surface area contributed by atoms with E-state index < -0.39 is 5.97 Å². The van der Waals surface area contributed by atoms with Crippen LogP contribution in [0, 0.1) is 12.7 Å². The predicted octanol–water partition coefficient (Wildman–Crippen LogP) is 5.69. The van der Waals surface area contributed by atoms with E-state index in [1.165, 1.54) is 12.1 Å². The van der Waals surface area contributed by atoms with Crippen LogP contribution in [0.3, 0.4) is 0 Å². The fourth-order valence-corrected chi connectivity index (χ4v) is 3.90. The van der Waals surface area contributed by atoms with Gasteiger partial charge in [-0.1, -0.05) is 36.4 Å². The van der Waals surface area contributed by atoms with E-state index in [4.69, 9.17) is 4.74 Å². The summed E-state index contributed by atoms with van der Waals surface area (Å²) in [5.74, 6) is -0.568. The second-order valence-electron chi connectivity index (χ2n) is 8.08. The number of ether oxygens (including phenoxy) is 1. The summed E-state index contributed by atoms with van der Waals surface area (Å²) in [6.07, 6.45) is 1.62. The number of H-pyrrole nitrogens is 1. The molecule has 0 aliphatic heterocycles. The summed E-state index contributed by atoms with van der Waals surface area (Å²) in [4.78, 5) is 13.8. The van der Waals surface area contributed by atoms with Crippen molar-refractivity contribution in [2.24, 2.45) is 0 Å². The predicted molar refractivity (Wildman–Crippen MR) is 129 cm³/mol. The van der Waals surface area contributed by atoms with Gasteiger partial charge in [-0.3, -0.25) is 5.10 Å². The molecule has 2 N–H and O–H groups in total. The molecule has 0 fully saturated rings. The third kappa shape index (κ3) is 5.26. The first-order valence-electron chi connectivity index (χ1n) is 11.0. The van der Waals surface area contributed by atoms with Gasteiger partial charge < -0.3 is 14.7 Å². The summed E-state index contributed by atoms with van der Waals surface area (Å²) < 4.78 is 18.4. The Bertz CT molecular complexity index is 1250.